The van der Waals surface area contributed by atoms with Gasteiger partial charge in [0.25, 0.3) is 0 Å². The lowest BCUT2D eigenvalue weighted by molar-refractivity contribution is -0.132. The third-order valence-electron chi connectivity index (χ3n) is 5.47. The van der Waals surface area contributed by atoms with Gasteiger partial charge in [-0.25, -0.2) is 9.18 Å². The van der Waals surface area contributed by atoms with E-state index < -0.39 is 29.2 Å². The van der Waals surface area contributed by atoms with Gasteiger partial charge in [0, 0.05) is 30.6 Å². The van der Waals surface area contributed by atoms with Gasteiger partial charge < -0.3 is 25.5 Å². The summed E-state index contributed by atoms with van der Waals surface area (Å²) in [5, 5.41) is 31.3. The van der Waals surface area contributed by atoms with Gasteiger partial charge in [-0.2, -0.15) is 0 Å². The summed E-state index contributed by atoms with van der Waals surface area (Å²) >= 11 is 0. The van der Waals surface area contributed by atoms with Crippen LogP contribution in [0.15, 0.2) is 18.2 Å². The summed E-state index contributed by atoms with van der Waals surface area (Å²) in [6.07, 6.45) is 1.60. The molecule has 2 unspecified atom stereocenters. The van der Waals surface area contributed by atoms with E-state index in [2.05, 4.69) is 11.9 Å². The maximum absolute atomic E-state index is 15.0. The highest BCUT2D eigenvalue weighted by Gasteiger charge is 2.33. The van der Waals surface area contributed by atoms with E-state index in [9.17, 15) is 14.7 Å². The highest BCUT2D eigenvalue weighted by molar-refractivity contribution is 6.25. The molecule has 1 aromatic carbocycles. The second-order valence-corrected chi connectivity index (χ2v) is 7.53. The van der Waals surface area contributed by atoms with Gasteiger partial charge in [0.15, 0.2) is 0 Å². The van der Waals surface area contributed by atoms with Crippen LogP contribution in [0.2, 0.25) is 0 Å². The summed E-state index contributed by atoms with van der Waals surface area (Å²) in [7, 11) is 0. The average Bonchev–Trinajstić information content (AvgIpc) is 3.36. The molecule has 28 heavy (non-hydrogen) atoms. The quantitative estimate of drug-likeness (QED) is 0.231. The number of benzene rings is 1. The summed E-state index contributed by atoms with van der Waals surface area (Å²) in [5.41, 5.74) is 0.625. The first kappa shape index (κ1) is 20.3. The number of Topliss-reactive ketones (excluding diaryl/α,β-unsaturated/α-hetero) is 1. The van der Waals surface area contributed by atoms with Crippen molar-refractivity contribution in [1.82, 2.24) is 0 Å². The number of carboxylic acid groups (broad SMARTS) is 1. The normalized spacial score (nSPS) is 20.1. The second-order valence-electron chi connectivity index (χ2n) is 7.53. The van der Waals surface area contributed by atoms with Gasteiger partial charge in [0.1, 0.15) is 11.4 Å². The lowest BCUT2D eigenvalue weighted by Gasteiger charge is -2.26. The molecule has 2 atom stereocenters. The number of nitrogens with zero attached hydrogens (tertiary/aromatic N) is 1. The minimum atomic E-state index is -1.44. The fraction of sp³-hybridized carbons (Fsp3) is 0.500. The molecule has 4 N–H and O–H groups in total. The number of rotatable bonds is 8. The van der Waals surface area contributed by atoms with Crippen LogP contribution in [0.5, 0.6) is 0 Å². The molecule has 8 heteroatoms. The molecule has 0 spiro atoms. The largest absolute Gasteiger partial charge is 0.478 e. The number of carboxylic acids is 1. The van der Waals surface area contributed by atoms with Crippen molar-refractivity contribution in [3.8, 4) is 0 Å². The molecule has 2 aliphatic rings. The topological polar surface area (TPSA) is 110 Å². The van der Waals surface area contributed by atoms with Crippen molar-refractivity contribution >= 4 is 23.1 Å². The molecule has 1 heterocycles. The zero-order valence-corrected chi connectivity index (χ0v) is 15.7. The first-order chi connectivity index (χ1) is 13.2. The Morgan fingerprint density at radius 1 is 1.39 bits per heavy atom. The second kappa shape index (κ2) is 7.89. The fourth-order valence-electron chi connectivity index (χ4n) is 3.67. The van der Waals surface area contributed by atoms with E-state index in [1.807, 2.05) is 0 Å². The Morgan fingerprint density at radius 2 is 2.07 bits per heavy atom. The van der Waals surface area contributed by atoms with Crippen LogP contribution in [0.4, 0.5) is 15.8 Å². The molecule has 2 fully saturated rings. The molecular weight excluding hydrogens is 367 g/mol. The Labute approximate surface area is 162 Å². The standard InChI is InChI=1S/C20H25FN2O5/c1-10-17(22-13-3-4-13)14(19(26)11(2)20(27)28)7-15(21)18(10)23-6-5-12(8-23)16(25)9-24/h7,12-13,16,22,24-25H,2-6,8-9H2,1H3,(H,27,28). The van der Waals surface area contributed by atoms with E-state index in [0.29, 0.717) is 36.4 Å². The first-order valence-electron chi connectivity index (χ1n) is 9.35. The highest BCUT2D eigenvalue weighted by atomic mass is 19.1. The summed E-state index contributed by atoms with van der Waals surface area (Å²) < 4.78 is 15.0. The number of aliphatic carboxylic acids is 1. The molecule has 1 aliphatic heterocycles. The van der Waals surface area contributed by atoms with Crippen molar-refractivity contribution in [3.05, 3.63) is 35.2 Å². The minimum Gasteiger partial charge on any atom is -0.478 e. The number of anilines is 2. The number of aliphatic hydroxyl groups excluding tert-OH is 2. The van der Waals surface area contributed by atoms with Crippen LogP contribution >= 0.6 is 0 Å². The van der Waals surface area contributed by atoms with Crippen molar-refractivity contribution < 1.29 is 29.3 Å². The highest BCUT2D eigenvalue weighted by Crippen LogP contribution is 2.39. The van der Waals surface area contributed by atoms with Gasteiger partial charge in [0.05, 0.1) is 24.1 Å². The lowest BCUT2D eigenvalue weighted by atomic mass is 9.97. The van der Waals surface area contributed by atoms with Crippen molar-refractivity contribution in [3.63, 3.8) is 0 Å². The Hall–Kier alpha value is -2.45. The summed E-state index contributed by atoms with van der Waals surface area (Å²) in [6, 6.07) is 1.24. The average molecular weight is 392 g/mol. The molecule has 1 saturated carbocycles. The van der Waals surface area contributed by atoms with Crippen LogP contribution in [0.3, 0.4) is 0 Å². The lowest BCUT2D eigenvalue weighted by Crippen LogP contribution is -2.29. The Morgan fingerprint density at radius 3 is 2.64 bits per heavy atom. The molecule has 0 bridgehead atoms. The van der Waals surface area contributed by atoms with Crippen LogP contribution in [-0.4, -0.2) is 58.9 Å². The molecule has 3 rings (SSSR count). The van der Waals surface area contributed by atoms with Crippen LogP contribution in [0.1, 0.15) is 35.2 Å². The number of carbonyl (C=O) groups is 2. The predicted molar refractivity (Wildman–Crippen MR) is 102 cm³/mol. The van der Waals surface area contributed by atoms with E-state index in [4.69, 9.17) is 10.2 Å². The Kier molecular flexibility index (Phi) is 5.71. The van der Waals surface area contributed by atoms with Crippen molar-refractivity contribution in [2.24, 2.45) is 5.92 Å². The van der Waals surface area contributed by atoms with Crippen LogP contribution in [-0.2, 0) is 4.79 Å². The first-order valence-corrected chi connectivity index (χ1v) is 9.35. The number of halogens is 1. The maximum Gasteiger partial charge on any atom is 0.339 e. The van der Waals surface area contributed by atoms with Crippen molar-refractivity contribution in [2.75, 3.05) is 29.9 Å². The molecule has 1 aromatic rings. The predicted octanol–water partition coefficient (Wildman–Crippen LogP) is 1.71. The molecule has 0 radical (unpaired) electrons. The van der Waals surface area contributed by atoms with Gasteiger partial charge in [-0.15, -0.1) is 0 Å². The maximum atomic E-state index is 15.0. The monoisotopic (exact) mass is 392 g/mol. The van der Waals surface area contributed by atoms with Gasteiger partial charge >= 0.3 is 5.97 Å². The summed E-state index contributed by atoms with van der Waals surface area (Å²) in [6.45, 7) is 5.55. The summed E-state index contributed by atoms with van der Waals surface area (Å²) in [4.78, 5) is 25.5. The van der Waals surface area contributed by atoms with Crippen LogP contribution in [0.25, 0.3) is 0 Å². The van der Waals surface area contributed by atoms with E-state index in [0.717, 1.165) is 18.9 Å². The third-order valence-corrected chi connectivity index (χ3v) is 5.47. The molecule has 1 aliphatic carbocycles. The van der Waals surface area contributed by atoms with Crippen molar-refractivity contribution in [1.29, 1.82) is 0 Å². The number of hydrogen-bond acceptors (Lipinski definition) is 6. The van der Waals surface area contributed by atoms with Crippen molar-refractivity contribution in [2.45, 2.75) is 38.3 Å². The number of aliphatic hydroxyl groups is 2. The molecule has 0 aromatic heterocycles. The zero-order chi connectivity index (χ0) is 20.6. The molecule has 0 amide bonds. The number of ketones is 1. The number of nitrogens with one attached hydrogen (secondary N) is 1. The SMILES string of the molecule is C=C(C(=O)O)C(=O)c1cc(F)c(N2CCC(C(O)CO)C2)c(C)c1NC1CC1. The van der Waals surface area contributed by atoms with E-state index >= 15 is 4.39 Å². The van der Waals surface area contributed by atoms with Crippen LogP contribution in [0, 0.1) is 18.7 Å². The summed E-state index contributed by atoms with van der Waals surface area (Å²) in [5.74, 6) is -3.06. The fourth-order valence-corrected chi connectivity index (χ4v) is 3.67. The number of hydrogen-bond donors (Lipinski definition) is 4. The van der Waals surface area contributed by atoms with E-state index in [1.54, 1.807) is 11.8 Å². The van der Waals surface area contributed by atoms with Gasteiger partial charge in [-0.3, -0.25) is 4.79 Å². The zero-order valence-electron chi connectivity index (χ0n) is 15.7. The van der Waals surface area contributed by atoms with Gasteiger partial charge in [-0.1, -0.05) is 6.58 Å². The molecular formula is C20H25FN2O5. The molecule has 1 saturated heterocycles. The van der Waals surface area contributed by atoms with E-state index in [-0.39, 0.29) is 24.1 Å². The van der Waals surface area contributed by atoms with E-state index in [1.165, 1.54) is 0 Å². The Bertz CT molecular complexity index is 821. The smallest absolute Gasteiger partial charge is 0.339 e. The van der Waals surface area contributed by atoms with Gasteiger partial charge in [0.2, 0.25) is 5.78 Å². The third kappa shape index (κ3) is 3.88. The Balaban J connectivity index is 2.00. The number of carbonyl (C=O) groups excluding carboxylic acids is 1. The molecule has 7 nitrogen and oxygen atoms in total. The van der Waals surface area contributed by atoms with Crippen LogP contribution < -0.4 is 10.2 Å². The molecule has 152 valence electrons. The van der Waals surface area contributed by atoms with Gasteiger partial charge in [-0.05, 0) is 37.8 Å². The minimum absolute atomic E-state index is 0.0378.